The van der Waals surface area contributed by atoms with E-state index < -0.39 is 97.5 Å². The molecule has 3 N–H and O–H groups in total. The molecule has 4 unspecified atom stereocenters. The minimum atomic E-state index is -4.96. The largest absolute Gasteiger partial charge is 0.472 e. The number of phosphoric acid groups is 2. The Morgan fingerprint density at radius 2 is 0.490 bits per heavy atom. The van der Waals surface area contributed by atoms with Crippen LogP contribution in [0.4, 0.5) is 0 Å². The van der Waals surface area contributed by atoms with Crippen molar-refractivity contribution in [1.29, 1.82) is 0 Å². The molecule has 0 spiro atoms. The molecule has 19 heteroatoms. The first-order chi connectivity index (χ1) is 47.1. The van der Waals surface area contributed by atoms with Gasteiger partial charge in [0.15, 0.2) is 12.2 Å². The van der Waals surface area contributed by atoms with E-state index in [1.165, 1.54) is 199 Å². The molecule has 582 valence electrons. The maximum atomic E-state index is 13.1. The van der Waals surface area contributed by atoms with E-state index in [1.54, 1.807) is 0 Å². The van der Waals surface area contributed by atoms with Gasteiger partial charge in [0.1, 0.15) is 19.3 Å². The summed E-state index contributed by atoms with van der Waals surface area (Å²) in [7, 11) is -9.92. The molecule has 0 amide bonds. The van der Waals surface area contributed by atoms with Crippen LogP contribution in [0.2, 0.25) is 0 Å². The monoisotopic (exact) mass is 1440 g/mol. The highest BCUT2D eigenvalue weighted by Gasteiger charge is 2.30. The predicted molar refractivity (Wildman–Crippen MR) is 400 cm³/mol. The minimum Gasteiger partial charge on any atom is -0.462 e. The number of hydrogen-bond acceptors (Lipinski definition) is 15. The molecule has 0 saturated heterocycles. The molecule has 0 heterocycles. The molecule has 0 aromatic heterocycles. The van der Waals surface area contributed by atoms with Gasteiger partial charge < -0.3 is 33.8 Å². The van der Waals surface area contributed by atoms with Gasteiger partial charge >= 0.3 is 39.5 Å². The molecule has 0 aliphatic rings. The lowest BCUT2D eigenvalue weighted by molar-refractivity contribution is -0.161. The van der Waals surface area contributed by atoms with E-state index in [4.69, 9.17) is 37.0 Å². The Morgan fingerprint density at radius 3 is 0.724 bits per heavy atom. The Bertz CT molecular complexity index is 1920. The van der Waals surface area contributed by atoms with Crippen LogP contribution >= 0.6 is 15.6 Å². The average Bonchev–Trinajstić information content (AvgIpc) is 1.24. The van der Waals surface area contributed by atoms with Crippen LogP contribution < -0.4 is 0 Å². The number of aliphatic hydroxyl groups excluding tert-OH is 1. The maximum absolute atomic E-state index is 13.1. The van der Waals surface area contributed by atoms with Crippen molar-refractivity contribution in [2.24, 2.45) is 23.7 Å². The minimum absolute atomic E-state index is 0.104. The number of phosphoric ester groups is 2. The predicted octanol–water partition coefficient (Wildman–Crippen LogP) is 23.2. The van der Waals surface area contributed by atoms with Crippen LogP contribution in [0.3, 0.4) is 0 Å². The third kappa shape index (κ3) is 71.1. The Kier molecular flexibility index (Phi) is 66.8. The fraction of sp³-hybridized carbons (Fsp3) is 0.949. The SMILES string of the molecule is CCC(C)CCCCCCCCCCC(=O)O[C@H](COC(=O)CCCCCCCCCC(C)C)COP(=O)(O)OCC(O)COP(=O)(O)OC[C@@H](COC(=O)CCCCCCCCCCCCCCCCCCCCC(C)C)OC(=O)CCCCCCCCCCCCCCC(C)C. The van der Waals surface area contributed by atoms with Gasteiger partial charge in [-0.15, -0.1) is 0 Å². The zero-order valence-corrected chi connectivity index (χ0v) is 66.2. The van der Waals surface area contributed by atoms with Crippen LogP contribution in [0.5, 0.6) is 0 Å². The van der Waals surface area contributed by atoms with E-state index in [2.05, 4.69) is 55.4 Å². The van der Waals surface area contributed by atoms with Crippen molar-refractivity contribution in [1.82, 2.24) is 0 Å². The maximum Gasteiger partial charge on any atom is 0.472 e. The fourth-order valence-electron chi connectivity index (χ4n) is 12.0. The van der Waals surface area contributed by atoms with Gasteiger partial charge in [-0.25, -0.2) is 9.13 Å². The van der Waals surface area contributed by atoms with Gasteiger partial charge in [-0.2, -0.15) is 0 Å². The summed E-state index contributed by atoms with van der Waals surface area (Å²) in [5.74, 6) is 0.955. The Morgan fingerprint density at radius 1 is 0.286 bits per heavy atom. The zero-order valence-electron chi connectivity index (χ0n) is 64.4. The van der Waals surface area contributed by atoms with Crippen molar-refractivity contribution in [3.05, 3.63) is 0 Å². The Balaban J connectivity index is 5.21. The van der Waals surface area contributed by atoms with Crippen LogP contribution in [-0.4, -0.2) is 96.7 Å². The van der Waals surface area contributed by atoms with Crippen molar-refractivity contribution < 1.29 is 80.2 Å². The molecule has 0 rings (SSSR count). The van der Waals surface area contributed by atoms with Gasteiger partial charge in [-0.1, -0.05) is 351 Å². The zero-order chi connectivity index (χ0) is 72.4. The molecule has 0 aliphatic heterocycles. The molecule has 17 nitrogen and oxygen atoms in total. The van der Waals surface area contributed by atoms with Gasteiger partial charge in [0.2, 0.25) is 0 Å². The smallest absolute Gasteiger partial charge is 0.462 e. The number of esters is 4. The van der Waals surface area contributed by atoms with Crippen LogP contribution in [0.1, 0.15) is 402 Å². The topological polar surface area (TPSA) is 237 Å². The lowest BCUT2D eigenvalue weighted by Gasteiger charge is -2.21. The van der Waals surface area contributed by atoms with Crippen LogP contribution in [0, 0.1) is 23.7 Å². The highest BCUT2D eigenvalue weighted by atomic mass is 31.2. The summed E-state index contributed by atoms with van der Waals surface area (Å²) in [5.41, 5.74) is 0. The van der Waals surface area contributed by atoms with Gasteiger partial charge in [0, 0.05) is 25.7 Å². The van der Waals surface area contributed by atoms with E-state index in [1.807, 2.05) is 0 Å². The fourth-order valence-corrected chi connectivity index (χ4v) is 13.6. The molecular formula is C79H154O17P2. The van der Waals surface area contributed by atoms with Gasteiger partial charge in [0.05, 0.1) is 26.4 Å². The third-order valence-corrected chi connectivity index (χ3v) is 20.6. The Hall–Kier alpha value is -1.94. The van der Waals surface area contributed by atoms with E-state index in [9.17, 15) is 43.2 Å². The molecule has 0 aromatic rings. The molecule has 6 atom stereocenters. The van der Waals surface area contributed by atoms with Crippen molar-refractivity contribution in [2.75, 3.05) is 39.6 Å². The summed E-state index contributed by atoms with van der Waals surface area (Å²) in [6.07, 6.45) is 54.3. The Labute approximate surface area is 600 Å². The lowest BCUT2D eigenvalue weighted by Crippen LogP contribution is -2.30. The molecule has 98 heavy (non-hydrogen) atoms. The van der Waals surface area contributed by atoms with Crippen molar-refractivity contribution in [3.63, 3.8) is 0 Å². The molecule has 0 aromatic carbocycles. The second-order valence-corrected chi connectivity index (χ2v) is 33.0. The summed E-state index contributed by atoms with van der Waals surface area (Å²) in [5, 5.41) is 10.6. The number of aliphatic hydroxyl groups is 1. The molecule has 0 aliphatic carbocycles. The second kappa shape index (κ2) is 68.2. The van der Waals surface area contributed by atoms with Crippen LogP contribution in [-0.2, 0) is 65.4 Å². The first-order valence-corrected chi connectivity index (χ1v) is 43.7. The lowest BCUT2D eigenvalue weighted by atomic mass is 9.99. The standard InChI is InChI=1S/C79H154O17P2/c1-9-72(8)58-50-42-34-28-29-37-46-54-62-79(84)96-75(66-90-77(82)60-52-44-38-30-33-41-49-57-71(6)7)68-94-98(87,88)92-64-73(80)63-91-97(85,86)93-67-74(95-78(83)61-53-45-36-27-23-19-18-21-25-32-40-48-56-70(4)5)65-89-76(81)59-51-43-35-26-22-17-15-13-11-10-12-14-16-20-24-31-39-47-55-69(2)3/h69-75,80H,9-68H2,1-8H3,(H,85,86)(H,87,88)/t72?,73?,74-,75-/m1/s1. The van der Waals surface area contributed by atoms with Crippen molar-refractivity contribution in [3.8, 4) is 0 Å². The summed E-state index contributed by atoms with van der Waals surface area (Å²) in [6.45, 7) is 14.2. The van der Waals surface area contributed by atoms with Gasteiger partial charge in [-0.05, 0) is 49.4 Å². The number of ether oxygens (including phenoxy) is 4. The van der Waals surface area contributed by atoms with E-state index in [0.29, 0.717) is 31.6 Å². The van der Waals surface area contributed by atoms with Crippen molar-refractivity contribution in [2.45, 2.75) is 420 Å². The van der Waals surface area contributed by atoms with Crippen LogP contribution in [0.15, 0.2) is 0 Å². The van der Waals surface area contributed by atoms with Gasteiger partial charge in [0.25, 0.3) is 0 Å². The van der Waals surface area contributed by atoms with E-state index in [-0.39, 0.29) is 25.7 Å². The molecule has 0 bridgehead atoms. The average molecular weight is 1440 g/mol. The highest BCUT2D eigenvalue weighted by Crippen LogP contribution is 2.45. The first kappa shape index (κ1) is 96.1. The number of rotatable bonds is 76. The second-order valence-electron chi connectivity index (χ2n) is 30.1. The van der Waals surface area contributed by atoms with Crippen molar-refractivity contribution >= 4 is 39.5 Å². The number of unbranched alkanes of at least 4 members (excludes halogenated alkanes) is 41. The first-order valence-electron chi connectivity index (χ1n) is 40.7. The summed E-state index contributed by atoms with van der Waals surface area (Å²) in [6, 6.07) is 0. The van der Waals surface area contributed by atoms with E-state index >= 15 is 0 Å². The molecule has 0 saturated carbocycles. The third-order valence-electron chi connectivity index (χ3n) is 18.7. The van der Waals surface area contributed by atoms with Crippen LogP contribution in [0.25, 0.3) is 0 Å². The quantitative estimate of drug-likeness (QED) is 0.0222. The highest BCUT2D eigenvalue weighted by molar-refractivity contribution is 7.47. The molecule has 0 fully saturated rings. The number of carbonyl (C=O) groups excluding carboxylic acids is 4. The number of carbonyl (C=O) groups is 4. The van der Waals surface area contributed by atoms with Gasteiger partial charge in [-0.3, -0.25) is 37.3 Å². The molecule has 0 radical (unpaired) electrons. The molecular weight excluding hydrogens is 1280 g/mol. The summed E-state index contributed by atoms with van der Waals surface area (Å²) < 4.78 is 68.6. The van der Waals surface area contributed by atoms with E-state index in [0.717, 1.165) is 114 Å². The summed E-state index contributed by atoms with van der Waals surface area (Å²) >= 11 is 0. The number of hydrogen-bond donors (Lipinski definition) is 3. The normalized spacial score (nSPS) is 14.3. The summed E-state index contributed by atoms with van der Waals surface area (Å²) in [4.78, 5) is 72.9.